The van der Waals surface area contributed by atoms with Crippen molar-refractivity contribution in [3.63, 3.8) is 0 Å². The summed E-state index contributed by atoms with van der Waals surface area (Å²) in [5, 5.41) is 2.63. The molecule has 0 radical (unpaired) electrons. The molecular formula is C22H27BrN2O4. The minimum atomic E-state index is -0.572. The lowest BCUT2D eigenvalue weighted by molar-refractivity contribution is -0.140. The van der Waals surface area contributed by atoms with Gasteiger partial charge in [0.2, 0.25) is 11.8 Å². The van der Waals surface area contributed by atoms with Gasteiger partial charge in [0.15, 0.2) is 11.5 Å². The third-order valence-electron chi connectivity index (χ3n) is 4.73. The van der Waals surface area contributed by atoms with E-state index in [0.717, 1.165) is 15.6 Å². The highest BCUT2D eigenvalue weighted by Gasteiger charge is 2.25. The molecule has 0 heterocycles. The number of ether oxygens (including phenoxy) is 2. The monoisotopic (exact) mass is 462 g/mol. The summed E-state index contributed by atoms with van der Waals surface area (Å²) in [6.45, 7) is 2.10. The normalized spacial score (nSPS) is 11.5. The minimum absolute atomic E-state index is 0.0872. The highest BCUT2D eigenvalue weighted by molar-refractivity contribution is 9.10. The molecule has 0 aromatic heterocycles. The van der Waals surface area contributed by atoms with Crippen LogP contribution in [0, 0.1) is 0 Å². The summed E-state index contributed by atoms with van der Waals surface area (Å²) in [6, 6.07) is 12.8. The number of halogens is 1. The predicted molar refractivity (Wildman–Crippen MR) is 116 cm³/mol. The Labute approximate surface area is 180 Å². The molecule has 156 valence electrons. The molecule has 6 nitrogen and oxygen atoms in total. The molecule has 2 aromatic carbocycles. The molecule has 0 aliphatic heterocycles. The Bertz CT molecular complexity index is 856. The average molecular weight is 463 g/mol. The van der Waals surface area contributed by atoms with Crippen LogP contribution in [0.1, 0.15) is 24.5 Å². The van der Waals surface area contributed by atoms with Gasteiger partial charge in [0, 0.05) is 24.5 Å². The fraction of sp³-hybridized carbons (Fsp3) is 0.364. The molecule has 2 amide bonds. The lowest BCUT2D eigenvalue weighted by Crippen LogP contribution is -2.46. The average Bonchev–Trinajstić information content (AvgIpc) is 2.74. The largest absolute Gasteiger partial charge is 0.493 e. The fourth-order valence-electron chi connectivity index (χ4n) is 3.05. The number of nitrogens with one attached hydrogen (secondary N) is 1. The highest BCUT2D eigenvalue weighted by atomic mass is 79.9. The van der Waals surface area contributed by atoms with Crippen LogP contribution in [0.5, 0.6) is 11.5 Å². The number of benzene rings is 2. The first-order valence-electron chi connectivity index (χ1n) is 9.36. The van der Waals surface area contributed by atoms with E-state index >= 15 is 0 Å². The van der Waals surface area contributed by atoms with E-state index in [0.29, 0.717) is 24.5 Å². The topological polar surface area (TPSA) is 67.9 Å². The molecule has 2 rings (SSSR count). The first-order chi connectivity index (χ1) is 13.9. The van der Waals surface area contributed by atoms with E-state index in [1.54, 1.807) is 33.1 Å². The second kappa shape index (κ2) is 10.9. The van der Waals surface area contributed by atoms with Gasteiger partial charge in [-0.1, -0.05) is 34.1 Å². The fourth-order valence-corrected chi connectivity index (χ4v) is 3.50. The maximum absolute atomic E-state index is 13.0. The number of nitrogens with zero attached hydrogens (tertiary/aromatic N) is 1. The molecule has 0 saturated carbocycles. The van der Waals surface area contributed by atoms with Crippen molar-refractivity contribution < 1.29 is 19.1 Å². The summed E-state index contributed by atoms with van der Waals surface area (Å²) in [5.41, 5.74) is 1.92. The molecule has 0 spiro atoms. The van der Waals surface area contributed by atoms with Crippen LogP contribution < -0.4 is 14.8 Å². The van der Waals surface area contributed by atoms with Crippen molar-refractivity contribution >= 4 is 27.7 Å². The third-order valence-corrected chi connectivity index (χ3v) is 5.22. The highest BCUT2D eigenvalue weighted by Crippen LogP contribution is 2.28. The van der Waals surface area contributed by atoms with Crippen LogP contribution in [0.2, 0.25) is 0 Å². The Morgan fingerprint density at radius 3 is 2.41 bits per heavy atom. The molecule has 0 fully saturated rings. The van der Waals surface area contributed by atoms with E-state index in [1.165, 1.54) is 0 Å². The standard InChI is InChI=1S/C22H27BrN2O4/c1-15(22(27)24-2)25(14-17-6-5-7-18(23)12-17)21(26)11-9-16-8-10-19(28-3)20(13-16)29-4/h5-8,10,12-13,15H,9,11,14H2,1-4H3,(H,24,27)/t15-/m1/s1. The van der Waals surface area contributed by atoms with Crippen LogP contribution >= 0.6 is 15.9 Å². The molecule has 1 N–H and O–H groups in total. The molecule has 1 atom stereocenters. The number of rotatable bonds is 9. The zero-order chi connectivity index (χ0) is 21.4. The lowest BCUT2D eigenvalue weighted by Gasteiger charge is -2.28. The second-order valence-electron chi connectivity index (χ2n) is 6.63. The number of amides is 2. The summed E-state index contributed by atoms with van der Waals surface area (Å²) in [5.74, 6) is 0.990. The van der Waals surface area contributed by atoms with Gasteiger partial charge in [0.05, 0.1) is 14.2 Å². The Balaban J connectivity index is 2.15. The number of carbonyl (C=O) groups is 2. The molecule has 0 aliphatic rings. The van der Waals surface area contributed by atoms with Crippen molar-refractivity contribution in [3.8, 4) is 11.5 Å². The van der Waals surface area contributed by atoms with Gasteiger partial charge in [0.25, 0.3) is 0 Å². The molecule has 7 heteroatoms. The number of carbonyl (C=O) groups excluding carboxylic acids is 2. The van der Waals surface area contributed by atoms with E-state index in [2.05, 4.69) is 21.2 Å². The Kier molecular flexibility index (Phi) is 8.51. The summed E-state index contributed by atoms with van der Waals surface area (Å²) >= 11 is 3.45. The Morgan fingerprint density at radius 1 is 1.07 bits per heavy atom. The van der Waals surface area contributed by atoms with Gasteiger partial charge in [-0.2, -0.15) is 0 Å². The number of hydrogen-bond acceptors (Lipinski definition) is 4. The zero-order valence-electron chi connectivity index (χ0n) is 17.2. The van der Waals surface area contributed by atoms with Crippen molar-refractivity contribution in [2.24, 2.45) is 0 Å². The van der Waals surface area contributed by atoms with Crippen LogP contribution in [0.25, 0.3) is 0 Å². The van der Waals surface area contributed by atoms with Gasteiger partial charge in [-0.15, -0.1) is 0 Å². The molecule has 2 aromatic rings. The first-order valence-corrected chi connectivity index (χ1v) is 10.1. The minimum Gasteiger partial charge on any atom is -0.493 e. The van der Waals surface area contributed by atoms with Gasteiger partial charge in [-0.25, -0.2) is 0 Å². The van der Waals surface area contributed by atoms with E-state index in [1.807, 2.05) is 42.5 Å². The van der Waals surface area contributed by atoms with Gasteiger partial charge >= 0.3 is 0 Å². The summed E-state index contributed by atoms with van der Waals surface area (Å²) in [7, 11) is 4.74. The van der Waals surface area contributed by atoms with Crippen molar-refractivity contribution in [2.45, 2.75) is 32.4 Å². The predicted octanol–water partition coefficient (Wildman–Crippen LogP) is 3.56. The third kappa shape index (κ3) is 6.22. The quantitative estimate of drug-likeness (QED) is 0.618. The smallest absolute Gasteiger partial charge is 0.242 e. The van der Waals surface area contributed by atoms with Crippen LogP contribution in [0.15, 0.2) is 46.9 Å². The van der Waals surface area contributed by atoms with Gasteiger partial charge < -0.3 is 19.7 Å². The van der Waals surface area contributed by atoms with E-state index in [4.69, 9.17) is 9.47 Å². The molecule has 0 saturated heterocycles. The SMILES string of the molecule is CNC(=O)[C@@H](C)N(Cc1cccc(Br)c1)C(=O)CCc1ccc(OC)c(OC)c1. The van der Waals surface area contributed by atoms with Crippen LogP contribution in [0.3, 0.4) is 0 Å². The number of hydrogen-bond donors (Lipinski definition) is 1. The number of methoxy groups -OCH3 is 2. The van der Waals surface area contributed by atoms with E-state index in [-0.39, 0.29) is 18.2 Å². The molecule has 29 heavy (non-hydrogen) atoms. The molecular weight excluding hydrogens is 436 g/mol. The second-order valence-corrected chi connectivity index (χ2v) is 7.55. The van der Waals surface area contributed by atoms with Crippen molar-refractivity contribution in [3.05, 3.63) is 58.1 Å². The summed E-state index contributed by atoms with van der Waals surface area (Å²) < 4.78 is 11.5. The van der Waals surface area contributed by atoms with Gasteiger partial charge in [0.1, 0.15) is 6.04 Å². The van der Waals surface area contributed by atoms with Crippen molar-refractivity contribution in [1.82, 2.24) is 10.2 Å². The lowest BCUT2D eigenvalue weighted by atomic mass is 10.1. The Hall–Kier alpha value is -2.54. The number of aryl methyl sites for hydroxylation is 1. The maximum atomic E-state index is 13.0. The zero-order valence-corrected chi connectivity index (χ0v) is 18.8. The van der Waals surface area contributed by atoms with Gasteiger partial charge in [-0.05, 0) is 48.7 Å². The maximum Gasteiger partial charge on any atom is 0.242 e. The summed E-state index contributed by atoms with van der Waals surface area (Å²) in [6.07, 6.45) is 0.819. The van der Waals surface area contributed by atoms with Crippen LogP contribution in [0.4, 0.5) is 0 Å². The van der Waals surface area contributed by atoms with Crippen molar-refractivity contribution in [2.75, 3.05) is 21.3 Å². The van der Waals surface area contributed by atoms with E-state index in [9.17, 15) is 9.59 Å². The number of likely N-dealkylation sites (N-methyl/N-ethyl adjacent to an activating group) is 1. The van der Waals surface area contributed by atoms with Crippen LogP contribution in [-0.4, -0.2) is 44.0 Å². The van der Waals surface area contributed by atoms with Crippen LogP contribution in [-0.2, 0) is 22.6 Å². The summed E-state index contributed by atoms with van der Waals surface area (Å²) in [4.78, 5) is 26.8. The Morgan fingerprint density at radius 2 is 1.79 bits per heavy atom. The molecule has 0 aliphatic carbocycles. The first kappa shape index (κ1) is 22.7. The molecule has 0 bridgehead atoms. The van der Waals surface area contributed by atoms with Crippen molar-refractivity contribution in [1.29, 1.82) is 0 Å². The molecule has 0 unspecified atom stereocenters. The van der Waals surface area contributed by atoms with E-state index < -0.39 is 6.04 Å². The van der Waals surface area contributed by atoms with Gasteiger partial charge in [-0.3, -0.25) is 9.59 Å².